The van der Waals surface area contributed by atoms with Gasteiger partial charge < -0.3 is 14.5 Å². The van der Waals surface area contributed by atoms with Gasteiger partial charge in [-0.2, -0.15) is 0 Å². The van der Waals surface area contributed by atoms with Crippen LogP contribution in [0.1, 0.15) is 31.9 Å². The summed E-state index contributed by atoms with van der Waals surface area (Å²) in [6.45, 7) is 5.28. The fourth-order valence-corrected chi connectivity index (χ4v) is 3.31. The second-order valence-corrected chi connectivity index (χ2v) is 7.03. The molecule has 0 aromatic carbocycles. The van der Waals surface area contributed by atoms with Crippen molar-refractivity contribution < 1.29 is 17.6 Å². The number of hydrogen-bond acceptors (Lipinski definition) is 5. The van der Waals surface area contributed by atoms with Crippen molar-refractivity contribution in [1.82, 2.24) is 10.0 Å². The Morgan fingerprint density at radius 2 is 2.24 bits per heavy atom. The molecule has 1 saturated heterocycles. The molecule has 2 rings (SSSR count). The lowest BCUT2D eigenvalue weighted by Gasteiger charge is -2.21. The first-order chi connectivity index (χ1) is 10.1. The van der Waals surface area contributed by atoms with Crippen LogP contribution in [0.3, 0.4) is 0 Å². The van der Waals surface area contributed by atoms with Crippen molar-refractivity contribution in [2.75, 3.05) is 26.3 Å². The molecular weight excluding hydrogens is 292 g/mol. The van der Waals surface area contributed by atoms with Crippen LogP contribution in [-0.2, 0) is 21.3 Å². The van der Waals surface area contributed by atoms with Gasteiger partial charge >= 0.3 is 0 Å². The third kappa shape index (κ3) is 5.10. The highest BCUT2D eigenvalue weighted by molar-refractivity contribution is 7.89. The first kappa shape index (κ1) is 16.5. The molecule has 2 N–H and O–H groups in total. The molecule has 0 saturated carbocycles. The first-order valence-electron chi connectivity index (χ1n) is 7.48. The van der Waals surface area contributed by atoms with E-state index >= 15 is 0 Å². The Morgan fingerprint density at radius 1 is 1.38 bits per heavy atom. The Balaban J connectivity index is 1.86. The van der Waals surface area contributed by atoms with Crippen LogP contribution in [0, 0.1) is 5.92 Å². The van der Waals surface area contributed by atoms with Gasteiger partial charge in [0.1, 0.15) is 5.76 Å². The molecule has 6 nitrogen and oxygen atoms in total. The summed E-state index contributed by atoms with van der Waals surface area (Å²) in [7, 11) is -3.57. The van der Waals surface area contributed by atoms with Gasteiger partial charge in [-0.25, -0.2) is 13.1 Å². The zero-order chi connectivity index (χ0) is 15.1. The second-order valence-electron chi connectivity index (χ2n) is 5.33. The van der Waals surface area contributed by atoms with Gasteiger partial charge in [-0.05, 0) is 43.9 Å². The summed E-state index contributed by atoms with van der Waals surface area (Å²) in [6, 6.07) is 3.20. The van der Waals surface area contributed by atoms with E-state index in [1.165, 1.54) is 6.07 Å². The molecule has 1 aromatic heterocycles. The van der Waals surface area contributed by atoms with E-state index in [4.69, 9.17) is 9.15 Å². The van der Waals surface area contributed by atoms with Crippen LogP contribution in [0.4, 0.5) is 0 Å². The molecular formula is C14H24N2O4S. The average molecular weight is 316 g/mol. The summed E-state index contributed by atoms with van der Waals surface area (Å²) in [6.07, 6.45) is 3.00. The van der Waals surface area contributed by atoms with Crippen LogP contribution in [-0.4, -0.2) is 34.7 Å². The smallest absolute Gasteiger partial charge is 0.273 e. The maximum absolute atomic E-state index is 12.2. The molecule has 7 heteroatoms. The Kier molecular flexibility index (Phi) is 6.22. The lowest BCUT2D eigenvalue weighted by atomic mass is 10.0. The molecule has 1 atom stereocenters. The molecule has 0 radical (unpaired) electrons. The average Bonchev–Trinajstić information content (AvgIpc) is 2.96. The molecule has 120 valence electrons. The highest BCUT2D eigenvalue weighted by Crippen LogP contribution is 2.16. The lowest BCUT2D eigenvalue weighted by Crippen LogP contribution is -2.33. The zero-order valence-electron chi connectivity index (χ0n) is 12.4. The molecule has 0 amide bonds. The Bertz CT molecular complexity index is 521. The number of nitrogens with one attached hydrogen (secondary N) is 2. The normalized spacial score (nSPS) is 19.8. The maximum atomic E-state index is 12.2. The van der Waals surface area contributed by atoms with Gasteiger partial charge in [0.2, 0.25) is 5.09 Å². The minimum absolute atomic E-state index is 0.0208. The summed E-state index contributed by atoms with van der Waals surface area (Å²) in [4.78, 5) is 0. The summed E-state index contributed by atoms with van der Waals surface area (Å²) < 4.78 is 37.6. The van der Waals surface area contributed by atoms with E-state index in [0.717, 1.165) is 32.4 Å². The Morgan fingerprint density at radius 3 is 2.95 bits per heavy atom. The van der Waals surface area contributed by atoms with Gasteiger partial charge in [0, 0.05) is 13.2 Å². The van der Waals surface area contributed by atoms with Gasteiger partial charge in [0.15, 0.2) is 0 Å². The van der Waals surface area contributed by atoms with Crippen LogP contribution >= 0.6 is 0 Å². The number of hydrogen-bond donors (Lipinski definition) is 2. The Labute approximate surface area is 126 Å². The topological polar surface area (TPSA) is 80.6 Å². The van der Waals surface area contributed by atoms with Gasteiger partial charge in [0.25, 0.3) is 10.0 Å². The fourth-order valence-electron chi connectivity index (χ4n) is 2.25. The summed E-state index contributed by atoms with van der Waals surface area (Å²) >= 11 is 0. The fraction of sp³-hybridized carbons (Fsp3) is 0.714. The summed E-state index contributed by atoms with van der Waals surface area (Å²) in [5, 5.41) is 3.15. The van der Waals surface area contributed by atoms with Crippen molar-refractivity contribution >= 4 is 10.0 Å². The van der Waals surface area contributed by atoms with E-state index in [2.05, 4.69) is 17.0 Å². The number of furan rings is 1. The van der Waals surface area contributed by atoms with E-state index in [1.54, 1.807) is 6.07 Å². The number of sulfonamides is 1. The molecule has 0 spiro atoms. The number of rotatable bonds is 8. The minimum atomic E-state index is -3.57. The molecule has 1 fully saturated rings. The van der Waals surface area contributed by atoms with Crippen molar-refractivity contribution in [3.8, 4) is 0 Å². The monoisotopic (exact) mass is 316 g/mol. The van der Waals surface area contributed by atoms with Crippen molar-refractivity contribution in [2.24, 2.45) is 5.92 Å². The molecule has 21 heavy (non-hydrogen) atoms. The van der Waals surface area contributed by atoms with Gasteiger partial charge in [-0.1, -0.05) is 6.92 Å². The maximum Gasteiger partial charge on any atom is 0.273 e. The Hall–Kier alpha value is -0.890. The van der Waals surface area contributed by atoms with E-state index in [1.807, 2.05) is 0 Å². The number of ether oxygens (including phenoxy) is 1. The third-order valence-electron chi connectivity index (χ3n) is 3.44. The summed E-state index contributed by atoms with van der Waals surface area (Å²) in [5.41, 5.74) is 0. The lowest BCUT2D eigenvalue weighted by molar-refractivity contribution is 0.0567. The van der Waals surface area contributed by atoms with E-state index in [9.17, 15) is 8.42 Å². The molecule has 0 aliphatic carbocycles. The predicted molar refractivity (Wildman–Crippen MR) is 79.4 cm³/mol. The molecule has 1 aliphatic rings. The molecule has 1 aliphatic heterocycles. The van der Waals surface area contributed by atoms with Crippen molar-refractivity contribution in [2.45, 2.75) is 37.8 Å². The highest BCUT2D eigenvalue weighted by atomic mass is 32.2. The van der Waals surface area contributed by atoms with Gasteiger partial charge in [-0.15, -0.1) is 0 Å². The van der Waals surface area contributed by atoms with Crippen LogP contribution in [0.15, 0.2) is 21.6 Å². The van der Waals surface area contributed by atoms with Gasteiger partial charge in [-0.3, -0.25) is 0 Å². The standard InChI is InChI=1S/C14H24N2O4S/c1-2-7-15-10-13-5-6-14(20-13)21(17,18)16-9-12-4-3-8-19-11-12/h5-6,12,15-16H,2-4,7-11H2,1H3. The minimum Gasteiger partial charge on any atom is -0.447 e. The predicted octanol–water partition coefficient (Wildman–Crippen LogP) is 1.48. The van der Waals surface area contributed by atoms with Crippen molar-refractivity contribution in [3.05, 3.63) is 17.9 Å². The zero-order valence-corrected chi connectivity index (χ0v) is 13.2. The third-order valence-corrected chi connectivity index (χ3v) is 4.74. The van der Waals surface area contributed by atoms with Crippen molar-refractivity contribution in [3.63, 3.8) is 0 Å². The molecule has 0 bridgehead atoms. The van der Waals surface area contributed by atoms with Crippen molar-refractivity contribution in [1.29, 1.82) is 0 Å². The van der Waals surface area contributed by atoms with E-state index < -0.39 is 10.0 Å². The van der Waals surface area contributed by atoms with Crippen LogP contribution in [0.5, 0.6) is 0 Å². The van der Waals surface area contributed by atoms with Crippen LogP contribution < -0.4 is 10.0 Å². The molecule has 2 heterocycles. The second kappa shape index (κ2) is 7.93. The quantitative estimate of drug-likeness (QED) is 0.710. The first-order valence-corrected chi connectivity index (χ1v) is 8.97. The highest BCUT2D eigenvalue weighted by Gasteiger charge is 2.21. The van der Waals surface area contributed by atoms with Crippen LogP contribution in [0.2, 0.25) is 0 Å². The van der Waals surface area contributed by atoms with Gasteiger partial charge in [0.05, 0.1) is 13.2 Å². The van der Waals surface area contributed by atoms with Crippen LogP contribution in [0.25, 0.3) is 0 Å². The SMILES string of the molecule is CCCNCc1ccc(S(=O)(=O)NCC2CCCOC2)o1. The summed E-state index contributed by atoms with van der Waals surface area (Å²) in [5.74, 6) is 0.874. The van der Waals surface area contributed by atoms with E-state index in [0.29, 0.717) is 25.5 Å². The molecule has 1 aromatic rings. The largest absolute Gasteiger partial charge is 0.447 e. The van der Waals surface area contributed by atoms with E-state index in [-0.39, 0.29) is 11.0 Å². The molecule has 1 unspecified atom stereocenters.